The molecule has 21 heavy (non-hydrogen) atoms. The molecular weight excluding hydrogens is 331 g/mol. The Bertz CT molecular complexity index is 763. The predicted molar refractivity (Wildman–Crippen MR) is 86.3 cm³/mol. The molecule has 0 aliphatic rings. The number of hydrogen-bond acceptors (Lipinski definition) is 3. The maximum Gasteiger partial charge on any atom is 0.238 e. The fourth-order valence-electron chi connectivity index (χ4n) is 1.94. The van der Waals surface area contributed by atoms with Gasteiger partial charge in [-0.25, -0.2) is 13.6 Å². The van der Waals surface area contributed by atoms with Gasteiger partial charge in [-0.1, -0.05) is 29.3 Å². The van der Waals surface area contributed by atoms with E-state index < -0.39 is 10.0 Å². The normalized spacial score (nSPS) is 13.0. The summed E-state index contributed by atoms with van der Waals surface area (Å²) in [6.07, 6.45) is 0. The largest absolute Gasteiger partial charge is 0.378 e. The minimum absolute atomic E-state index is 0.0527. The zero-order chi connectivity index (χ0) is 15.6. The Morgan fingerprint density at radius 1 is 1.14 bits per heavy atom. The molecule has 112 valence electrons. The van der Waals surface area contributed by atoms with Crippen LogP contribution in [0.5, 0.6) is 0 Å². The second-order valence-electron chi connectivity index (χ2n) is 4.60. The topological polar surface area (TPSA) is 72.2 Å². The van der Waals surface area contributed by atoms with Gasteiger partial charge in [0, 0.05) is 15.7 Å². The van der Waals surface area contributed by atoms with Crippen LogP contribution < -0.4 is 10.5 Å². The van der Waals surface area contributed by atoms with Crippen molar-refractivity contribution in [3.63, 3.8) is 0 Å². The predicted octanol–water partition coefficient (Wildman–Crippen LogP) is 3.81. The Morgan fingerprint density at radius 2 is 1.86 bits per heavy atom. The van der Waals surface area contributed by atoms with Crippen LogP contribution in [0.25, 0.3) is 0 Å². The number of halogens is 2. The van der Waals surface area contributed by atoms with E-state index in [0.29, 0.717) is 15.7 Å². The molecule has 1 atom stereocenters. The summed E-state index contributed by atoms with van der Waals surface area (Å²) < 4.78 is 22.7. The number of nitrogens with one attached hydrogen (secondary N) is 1. The van der Waals surface area contributed by atoms with Crippen molar-refractivity contribution < 1.29 is 8.42 Å². The zero-order valence-corrected chi connectivity index (χ0v) is 13.5. The smallest absolute Gasteiger partial charge is 0.238 e. The van der Waals surface area contributed by atoms with Crippen molar-refractivity contribution >= 4 is 38.9 Å². The summed E-state index contributed by atoms with van der Waals surface area (Å²) in [7, 11) is -3.73. The lowest BCUT2D eigenvalue weighted by molar-refractivity contribution is 0.598. The second kappa shape index (κ2) is 6.23. The van der Waals surface area contributed by atoms with Gasteiger partial charge in [-0.2, -0.15) is 0 Å². The summed E-state index contributed by atoms with van der Waals surface area (Å²) in [6.45, 7) is 1.90. The highest BCUT2D eigenvalue weighted by atomic mass is 35.5. The second-order valence-corrected chi connectivity index (χ2v) is 7.01. The number of hydrogen-bond donors (Lipinski definition) is 2. The molecule has 0 heterocycles. The summed E-state index contributed by atoms with van der Waals surface area (Å²) >= 11 is 12.1. The summed E-state index contributed by atoms with van der Waals surface area (Å²) in [6, 6.07) is 11.3. The monoisotopic (exact) mass is 344 g/mol. The van der Waals surface area contributed by atoms with Gasteiger partial charge >= 0.3 is 0 Å². The van der Waals surface area contributed by atoms with Crippen molar-refractivity contribution in [1.82, 2.24) is 0 Å². The molecular formula is C14H14Cl2N2O2S. The van der Waals surface area contributed by atoms with Crippen molar-refractivity contribution in [2.75, 3.05) is 5.32 Å². The average Bonchev–Trinajstić information content (AvgIpc) is 2.41. The molecule has 4 nitrogen and oxygen atoms in total. The third kappa shape index (κ3) is 4.11. The molecule has 3 N–H and O–H groups in total. The quantitative estimate of drug-likeness (QED) is 0.885. The van der Waals surface area contributed by atoms with Crippen LogP contribution >= 0.6 is 23.2 Å². The van der Waals surface area contributed by atoms with Crippen LogP contribution in [0.3, 0.4) is 0 Å². The van der Waals surface area contributed by atoms with Crippen molar-refractivity contribution in [3.05, 3.63) is 58.1 Å². The number of nitrogens with two attached hydrogens (primary N) is 1. The summed E-state index contributed by atoms with van der Waals surface area (Å²) in [5.74, 6) is 0. The van der Waals surface area contributed by atoms with Gasteiger partial charge in [-0.15, -0.1) is 0 Å². The van der Waals surface area contributed by atoms with E-state index in [4.69, 9.17) is 28.3 Å². The molecule has 0 aromatic heterocycles. The fraction of sp³-hybridized carbons (Fsp3) is 0.143. The Hall–Kier alpha value is -1.27. The average molecular weight is 345 g/mol. The number of benzene rings is 2. The van der Waals surface area contributed by atoms with Crippen LogP contribution in [0.2, 0.25) is 10.0 Å². The molecule has 1 unspecified atom stereocenters. The standard InChI is InChI=1S/C14H14Cl2N2O2S/c1-9(13-7-10(15)5-6-14(13)16)18-11-3-2-4-12(8-11)21(17,19)20/h2-9,18H,1H3,(H2,17,19,20). The van der Waals surface area contributed by atoms with Gasteiger partial charge in [0.15, 0.2) is 0 Å². The van der Waals surface area contributed by atoms with Crippen molar-refractivity contribution in [3.8, 4) is 0 Å². The number of primary sulfonamides is 1. The maximum atomic E-state index is 11.4. The highest BCUT2D eigenvalue weighted by molar-refractivity contribution is 7.89. The first-order valence-corrected chi connectivity index (χ1v) is 8.42. The van der Waals surface area contributed by atoms with Crippen LogP contribution in [-0.4, -0.2) is 8.42 Å². The van der Waals surface area contributed by atoms with Crippen molar-refractivity contribution in [2.45, 2.75) is 17.9 Å². The first-order valence-electron chi connectivity index (χ1n) is 6.12. The van der Waals surface area contributed by atoms with Crippen LogP contribution in [0.4, 0.5) is 5.69 Å². The molecule has 2 rings (SSSR count). The van der Waals surface area contributed by atoms with Crippen LogP contribution in [-0.2, 0) is 10.0 Å². The lowest BCUT2D eigenvalue weighted by Gasteiger charge is -2.17. The molecule has 0 aliphatic heterocycles. The zero-order valence-electron chi connectivity index (χ0n) is 11.2. The van der Waals surface area contributed by atoms with Gasteiger partial charge in [0.25, 0.3) is 0 Å². The number of anilines is 1. The van der Waals surface area contributed by atoms with Crippen LogP contribution in [0.1, 0.15) is 18.5 Å². The molecule has 7 heteroatoms. The SMILES string of the molecule is CC(Nc1cccc(S(N)(=O)=O)c1)c1cc(Cl)ccc1Cl. The molecule has 2 aromatic rings. The molecule has 0 aliphatic carbocycles. The van der Waals surface area contributed by atoms with E-state index >= 15 is 0 Å². The van der Waals surface area contributed by atoms with Gasteiger partial charge in [0.1, 0.15) is 0 Å². The van der Waals surface area contributed by atoms with Crippen molar-refractivity contribution in [2.24, 2.45) is 5.14 Å². The van der Waals surface area contributed by atoms with Gasteiger partial charge in [0.05, 0.1) is 10.9 Å². The first-order chi connectivity index (χ1) is 9.77. The van der Waals surface area contributed by atoms with Gasteiger partial charge < -0.3 is 5.32 Å². The van der Waals surface area contributed by atoms with E-state index in [2.05, 4.69) is 5.32 Å². The molecule has 0 radical (unpaired) electrons. The lowest BCUT2D eigenvalue weighted by atomic mass is 10.1. The van der Waals surface area contributed by atoms with Gasteiger partial charge in [-0.05, 0) is 48.9 Å². The fourth-order valence-corrected chi connectivity index (χ4v) is 2.96. The third-order valence-electron chi connectivity index (χ3n) is 2.97. The minimum Gasteiger partial charge on any atom is -0.378 e. The molecule has 0 bridgehead atoms. The van der Waals surface area contributed by atoms with E-state index in [-0.39, 0.29) is 10.9 Å². The minimum atomic E-state index is -3.73. The summed E-state index contributed by atoms with van der Waals surface area (Å²) in [5.41, 5.74) is 1.45. The molecule has 0 saturated carbocycles. The molecule has 0 fully saturated rings. The van der Waals surface area contributed by atoms with E-state index in [1.165, 1.54) is 12.1 Å². The number of rotatable bonds is 4. The summed E-state index contributed by atoms with van der Waals surface area (Å²) in [4.78, 5) is 0.0527. The Morgan fingerprint density at radius 3 is 2.52 bits per heavy atom. The van der Waals surface area contributed by atoms with E-state index in [1.807, 2.05) is 6.92 Å². The van der Waals surface area contributed by atoms with Gasteiger partial charge in [-0.3, -0.25) is 0 Å². The molecule has 2 aromatic carbocycles. The van der Waals surface area contributed by atoms with E-state index in [9.17, 15) is 8.42 Å². The number of sulfonamides is 1. The molecule has 0 amide bonds. The van der Waals surface area contributed by atoms with E-state index in [0.717, 1.165) is 5.56 Å². The van der Waals surface area contributed by atoms with Crippen LogP contribution in [0, 0.1) is 0 Å². The molecule has 0 spiro atoms. The molecule has 0 saturated heterocycles. The maximum absolute atomic E-state index is 11.4. The first kappa shape index (κ1) is 16.1. The van der Waals surface area contributed by atoms with Crippen molar-refractivity contribution in [1.29, 1.82) is 0 Å². The highest BCUT2D eigenvalue weighted by Crippen LogP contribution is 2.29. The van der Waals surface area contributed by atoms with Crippen LogP contribution in [0.15, 0.2) is 47.4 Å². The lowest BCUT2D eigenvalue weighted by Crippen LogP contribution is -2.13. The highest BCUT2D eigenvalue weighted by Gasteiger charge is 2.12. The Labute approximate surface area is 133 Å². The van der Waals surface area contributed by atoms with Gasteiger partial charge in [0.2, 0.25) is 10.0 Å². The Kier molecular flexibility index (Phi) is 4.78. The third-order valence-corrected chi connectivity index (χ3v) is 4.46. The van der Waals surface area contributed by atoms with E-state index in [1.54, 1.807) is 30.3 Å². The Balaban J connectivity index is 2.28. The summed E-state index contributed by atoms with van der Waals surface area (Å²) in [5, 5.41) is 9.46.